The molecule has 2 aromatic rings. The first kappa shape index (κ1) is 11.4. The summed E-state index contributed by atoms with van der Waals surface area (Å²) >= 11 is 0. The van der Waals surface area contributed by atoms with Crippen molar-refractivity contribution in [2.45, 2.75) is 32.4 Å². The molecule has 3 nitrogen and oxygen atoms in total. The van der Waals surface area contributed by atoms with Crippen LogP contribution in [0.1, 0.15) is 24.1 Å². The Bertz CT molecular complexity index is 547. The van der Waals surface area contributed by atoms with Crippen molar-refractivity contribution >= 4 is 0 Å². The van der Waals surface area contributed by atoms with E-state index >= 15 is 0 Å². The van der Waals surface area contributed by atoms with E-state index in [9.17, 15) is 0 Å². The van der Waals surface area contributed by atoms with Crippen molar-refractivity contribution in [2.75, 3.05) is 0 Å². The van der Waals surface area contributed by atoms with Crippen LogP contribution in [0, 0.1) is 6.92 Å². The molecule has 1 heterocycles. The lowest BCUT2D eigenvalue weighted by atomic mass is 10.1. The maximum absolute atomic E-state index is 4.61. The van der Waals surface area contributed by atoms with Gasteiger partial charge in [-0.25, -0.2) is 9.97 Å². The van der Waals surface area contributed by atoms with Gasteiger partial charge in [0.2, 0.25) is 0 Å². The quantitative estimate of drug-likeness (QED) is 0.891. The Morgan fingerprint density at radius 2 is 2.17 bits per heavy atom. The van der Waals surface area contributed by atoms with Crippen LogP contribution in [0.5, 0.6) is 0 Å². The smallest absolute Gasteiger partial charge is 0.159 e. The Hall–Kier alpha value is -1.74. The average molecular weight is 239 g/mol. The molecule has 1 fully saturated rings. The SMILES string of the molecule is Cc1cccc(-c2nccc(CNC3CC3)n2)c1. The Labute approximate surface area is 107 Å². The highest BCUT2D eigenvalue weighted by Crippen LogP contribution is 2.20. The highest BCUT2D eigenvalue weighted by molar-refractivity contribution is 5.55. The van der Waals surface area contributed by atoms with Gasteiger partial charge in [0, 0.05) is 24.3 Å². The normalized spacial score (nSPS) is 14.7. The number of benzene rings is 1. The molecule has 0 aliphatic heterocycles. The number of nitrogens with one attached hydrogen (secondary N) is 1. The molecular formula is C15H17N3. The molecule has 3 heteroatoms. The Kier molecular flexibility index (Phi) is 3.07. The third kappa shape index (κ3) is 2.74. The van der Waals surface area contributed by atoms with Gasteiger partial charge in [0.15, 0.2) is 5.82 Å². The summed E-state index contributed by atoms with van der Waals surface area (Å²) in [7, 11) is 0. The molecule has 1 aromatic heterocycles. The highest BCUT2D eigenvalue weighted by atomic mass is 15.0. The van der Waals surface area contributed by atoms with Crippen LogP contribution >= 0.6 is 0 Å². The zero-order valence-corrected chi connectivity index (χ0v) is 10.6. The number of rotatable bonds is 4. The largest absolute Gasteiger partial charge is 0.308 e. The summed E-state index contributed by atoms with van der Waals surface area (Å²) in [5.74, 6) is 0.814. The summed E-state index contributed by atoms with van der Waals surface area (Å²) < 4.78 is 0. The fourth-order valence-electron chi connectivity index (χ4n) is 1.95. The molecule has 92 valence electrons. The highest BCUT2D eigenvalue weighted by Gasteiger charge is 2.20. The molecule has 18 heavy (non-hydrogen) atoms. The van der Waals surface area contributed by atoms with E-state index in [0.717, 1.165) is 23.6 Å². The molecule has 0 bridgehead atoms. The van der Waals surface area contributed by atoms with Crippen molar-refractivity contribution in [1.82, 2.24) is 15.3 Å². The van der Waals surface area contributed by atoms with Crippen LogP contribution in [0.4, 0.5) is 0 Å². The van der Waals surface area contributed by atoms with Crippen LogP contribution < -0.4 is 5.32 Å². The molecule has 0 atom stereocenters. The number of nitrogens with zero attached hydrogens (tertiary/aromatic N) is 2. The zero-order chi connectivity index (χ0) is 12.4. The van der Waals surface area contributed by atoms with Gasteiger partial charge in [0.05, 0.1) is 5.69 Å². The Morgan fingerprint density at radius 3 is 2.94 bits per heavy atom. The lowest BCUT2D eigenvalue weighted by molar-refractivity contribution is 0.673. The summed E-state index contributed by atoms with van der Waals surface area (Å²) in [6.07, 6.45) is 4.44. The second-order valence-corrected chi connectivity index (χ2v) is 4.90. The van der Waals surface area contributed by atoms with Gasteiger partial charge >= 0.3 is 0 Å². The Morgan fingerprint density at radius 1 is 1.28 bits per heavy atom. The minimum atomic E-state index is 0.711. The standard InChI is InChI=1S/C15H17N3/c1-11-3-2-4-12(9-11)15-16-8-7-14(18-15)10-17-13-5-6-13/h2-4,7-9,13,17H,5-6,10H2,1H3. The maximum atomic E-state index is 4.61. The first-order valence-electron chi connectivity index (χ1n) is 6.43. The molecule has 1 aliphatic rings. The first-order chi connectivity index (χ1) is 8.81. The van der Waals surface area contributed by atoms with E-state index in [1.54, 1.807) is 0 Å². The van der Waals surface area contributed by atoms with Crippen molar-refractivity contribution in [2.24, 2.45) is 0 Å². The minimum absolute atomic E-state index is 0.711. The van der Waals surface area contributed by atoms with E-state index < -0.39 is 0 Å². The second kappa shape index (κ2) is 4.86. The van der Waals surface area contributed by atoms with Crippen molar-refractivity contribution in [3.05, 3.63) is 47.8 Å². The summed E-state index contributed by atoms with van der Waals surface area (Å²) in [4.78, 5) is 8.96. The van der Waals surface area contributed by atoms with Crippen molar-refractivity contribution in [3.8, 4) is 11.4 Å². The van der Waals surface area contributed by atoms with Gasteiger partial charge in [0.1, 0.15) is 0 Å². The molecule has 0 unspecified atom stereocenters. The molecule has 1 N–H and O–H groups in total. The van der Waals surface area contributed by atoms with Gasteiger partial charge in [-0.05, 0) is 31.9 Å². The number of aromatic nitrogens is 2. The fourth-order valence-corrected chi connectivity index (χ4v) is 1.95. The van der Waals surface area contributed by atoms with E-state index in [4.69, 9.17) is 0 Å². The van der Waals surface area contributed by atoms with Crippen LogP contribution in [-0.2, 0) is 6.54 Å². The van der Waals surface area contributed by atoms with Crippen molar-refractivity contribution in [1.29, 1.82) is 0 Å². The van der Waals surface area contributed by atoms with Crippen molar-refractivity contribution in [3.63, 3.8) is 0 Å². The van der Waals surface area contributed by atoms with Gasteiger partial charge in [-0.2, -0.15) is 0 Å². The summed E-state index contributed by atoms with van der Waals surface area (Å²) in [6, 6.07) is 11.0. The van der Waals surface area contributed by atoms with Crippen LogP contribution in [0.15, 0.2) is 36.5 Å². The lowest BCUT2D eigenvalue weighted by Gasteiger charge is -2.05. The van der Waals surface area contributed by atoms with E-state index in [0.29, 0.717) is 6.04 Å². The summed E-state index contributed by atoms with van der Waals surface area (Å²) in [5.41, 5.74) is 3.38. The lowest BCUT2D eigenvalue weighted by Crippen LogP contribution is -2.16. The third-order valence-corrected chi connectivity index (χ3v) is 3.14. The van der Waals surface area contributed by atoms with Crippen LogP contribution in [-0.4, -0.2) is 16.0 Å². The molecule has 1 saturated carbocycles. The second-order valence-electron chi connectivity index (χ2n) is 4.90. The average Bonchev–Trinajstić information content (AvgIpc) is 3.21. The topological polar surface area (TPSA) is 37.8 Å². The van der Waals surface area contributed by atoms with Gasteiger partial charge in [-0.15, -0.1) is 0 Å². The van der Waals surface area contributed by atoms with Crippen LogP contribution in [0.25, 0.3) is 11.4 Å². The van der Waals surface area contributed by atoms with Crippen LogP contribution in [0.2, 0.25) is 0 Å². The number of hydrogen-bond donors (Lipinski definition) is 1. The molecule has 0 radical (unpaired) electrons. The molecule has 0 amide bonds. The molecule has 3 rings (SSSR count). The summed E-state index contributed by atoms with van der Waals surface area (Å²) in [6.45, 7) is 2.92. The predicted molar refractivity (Wildman–Crippen MR) is 72.1 cm³/mol. The predicted octanol–water partition coefficient (Wildman–Crippen LogP) is 2.70. The van der Waals surface area contributed by atoms with Gasteiger partial charge in [-0.3, -0.25) is 0 Å². The van der Waals surface area contributed by atoms with Gasteiger partial charge in [0.25, 0.3) is 0 Å². The van der Waals surface area contributed by atoms with Gasteiger partial charge in [-0.1, -0.05) is 23.8 Å². The summed E-state index contributed by atoms with van der Waals surface area (Å²) in [5, 5.41) is 3.47. The third-order valence-electron chi connectivity index (χ3n) is 3.14. The fraction of sp³-hybridized carbons (Fsp3) is 0.333. The zero-order valence-electron chi connectivity index (χ0n) is 10.6. The molecule has 0 spiro atoms. The number of hydrogen-bond acceptors (Lipinski definition) is 3. The van der Waals surface area contributed by atoms with Crippen LogP contribution in [0.3, 0.4) is 0 Å². The van der Waals surface area contributed by atoms with E-state index in [1.807, 2.05) is 18.3 Å². The van der Waals surface area contributed by atoms with E-state index in [1.165, 1.54) is 18.4 Å². The number of aryl methyl sites for hydroxylation is 1. The van der Waals surface area contributed by atoms with E-state index in [2.05, 4.69) is 40.4 Å². The van der Waals surface area contributed by atoms with Crippen molar-refractivity contribution < 1.29 is 0 Å². The Balaban J connectivity index is 1.80. The molecule has 1 aromatic carbocycles. The monoisotopic (exact) mass is 239 g/mol. The van der Waals surface area contributed by atoms with E-state index in [-0.39, 0.29) is 0 Å². The minimum Gasteiger partial charge on any atom is -0.308 e. The molecular weight excluding hydrogens is 222 g/mol. The molecule has 1 aliphatic carbocycles. The maximum Gasteiger partial charge on any atom is 0.159 e. The van der Waals surface area contributed by atoms with Gasteiger partial charge < -0.3 is 5.32 Å². The first-order valence-corrected chi connectivity index (χ1v) is 6.43. The molecule has 0 saturated heterocycles.